The van der Waals surface area contributed by atoms with Crippen molar-refractivity contribution in [1.29, 1.82) is 0 Å². The molecule has 1 aliphatic rings. The molecule has 0 atom stereocenters. The quantitative estimate of drug-likeness (QED) is 0.561. The lowest BCUT2D eigenvalue weighted by molar-refractivity contribution is 0.415. The average Bonchev–Trinajstić information content (AvgIpc) is 2.98. The molecule has 126 valence electrons. The molecule has 0 saturated heterocycles. The number of fused-ring (bicyclic) bond motifs is 1. The fourth-order valence-electron chi connectivity index (χ4n) is 3.81. The lowest BCUT2D eigenvalue weighted by atomic mass is 9.91. The van der Waals surface area contributed by atoms with Crippen LogP contribution in [0.4, 0.5) is 0 Å². The zero-order valence-corrected chi connectivity index (χ0v) is 15.3. The highest BCUT2D eigenvalue weighted by Gasteiger charge is 2.15. The maximum atomic E-state index is 5.38. The number of thiophene rings is 1. The van der Waals surface area contributed by atoms with Crippen LogP contribution in [0.2, 0.25) is 0 Å². The summed E-state index contributed by atoms with van der Waals surface area (Å²) in [5.74, 6) is 1.75. The molecule has 1 nitrogen and oxygen atoms in total. The van der Waals surface area contributed by atoms with E-state index in [1.165, 1.54) is 80.7 Å². The second kappa shape index (κ2) is 8.73. The van der Waals surface area contributed by atoms with E-state index in [2.05, 4.69) is 24.3 Å². The summed E-state index contributed by atoms with van der Waals surface area (Å²) in [7, 11) is 1.75. The summed E-state index contributed by atoms with van der Waals surface area (Å²) in [5, 5.41) is 1.39. The third kappa shape index (κ3) is 4.73. The van der Waals surface area contributed by atoms with E-state index in [4.69, 9.17) is 4.74 Å². The first-order valence-electron chi connectivity index (χ1n) is 9.44. The van der Waals surface area contributed by atoms with Crippen molar-refractivity contribution in [2.45, 2.75) is 76.5 Å². The van der Waals surface area contributed by atoms with Gasteiger partial charge >= 0.3 is 0 Å². The van der Waals surface area contributed by atoms with E-state index in [1.807, 2.05) is 11.3 Å². The summed E-state index contributed by atoms with van der Waals surface area (Å²) in [5.41, 5.74) is 0. The molecule has 2 aromatic rings. The van der Waals surface area contributed by atoms with Crippen LogP contribution in [0.25, 0.3) is 10.1 Å². The van der Waals surface area contributed by atoms with Gasteiger partial charge in [-0.3, -0.25) is 0 Å². The van der Waals surface area contributed by atoms with E-state index in [0.29, 0.717) is 0 Å². The van der Waals surface area contributed by atoms with Gasteiger partial charge in [0.1, 0.15) is 5.75 Å². The first-order chi connectivity index (χ1) is 11.4. The van der Waals surface area contributed by atoms with Crippen LogP contribution in [0.5, 0.6) is 5.75 Å². The van der Waals surface area contributed by atoms with E-state index in [0.717, 1.165) is 11.7 Å². The Morgan fingerprint density at radius 3 is 2.04 bits per heavy atom. The van der Waals surface area contributed by atoms with Gasteiger partial charge in [-0.1, -0.05) is 57.8 Å². The van der Waals surface area contributed by atoms with Crippen LogP contribution in [0.15, 0.2) is 24.3 Å². The van der Waals surface area contributed by atoms with Crippen molar-refractivity contribution < 1.29 is 4.74 Å². The Morgan fingerprint density at radius 1 is 0.826 bits per heavy atom. The third-order valence-corrected chi connectivity index (χ3v) is 6.51. The van der Waals surface area contributed by atoms with Gasteiger partial charge < -0.3 is 4.74 Å². The second-order valence-electron chi connectivity index (χ2n) is 7.01. The lowest BCUT2D eigenvalue weighted by Gasteiger charge is -2.16. The van der Waals surface area contributed by atoms with Gasteiger partial charge in [-0.2, -0.15) is 0 Å². The highest BCUT2D eigenvalue weighted by molar-refractivity contribution is 7.19. The topological polar surface area (TPSA) is 9.23 Å². The van der Waals surface area contributed by atoms with Gasteiger partial charge in [-0.25, -0.2) is 0 Å². The molecule has 1 heterocycles. The Kier molecular flexibility index (Phi) is 6.38. The summed E-state index contributed by atoms with van der Waals surface area (Å²) in [6.07, 6.45) is 15.7. The van der Waals surface area contributed by atoms with Crippen molar-refractivity contribution in [3.8, 4) is 5.75 Å². The smallest absolute Gasteiger partial charge is 0.120 e. The zero-order valence-electron chi connectivity index (χ0n) is 14.5. The molecule has 0 spiro atoms. The Labute approximate surface area is 145 Å². The molecule has 1 aromatic carbocycles. The first kappa shape index (κ1) is 16.8. The third-order valence-electron chi connectivity index (χ3n) is 5.25. The number of benzene rings is 1. The number of methoxy groups -OCH3 is 1. The van der Waals surface area contributed by atoms with E-state index in [1.54, 1.807) is 12.0 Å². The molecular formula is C21H30OS. The van der Waals surface area contributed by atoms with E-state index in [-0.39, 0.29) is 0 Å². The molecule has 0 aliphatic heterocycles. The molecule has 0 bridgehead atoms. The van der Waals surface area contributed by atoms with Crippen molar-refractivity contribution in [1.82, 2.24) is 0 Å². The summed E-state index contributed by atoms with van der Waals surface area (Å²) >= 11 is 1.99. The van der Waals surface area contributed by atoms with Crippen LogP contribution in [-0.2, 0) is 0 Å². The van der Waals surface area contributed by atoms with Gasteiger partial charge in [0, 0.05) is 9.58 Å². The second-order valence-corrected chi connectivity index (χ2v) is 8.12. The van der Waals surface area contributed by atoms with Crippen molar-refractivity contribution in [2.24, 2.45) is 0 Å². The summed E-state index contributed by atoms with van der Waals surface area (Å²) < 4.78 is 6.76. The van der Waals surface area contributed by atoms with Crippen molar-refractivity contribution in [3.05, 3.63) is 29.1 Å². The van der Waals surface area contributed by atoms with E-state index < -0.39 is 0 Å². The van der Waals surface area contributed by atoms with Crippen LogP contribution < -0.4 is 4.74 Å². The molecule has 1 fully saturated rings. The fraction of sp³-hybridized carbons (Fsp3) is 0.619. The molecule has 0 radical (unpaired) electrons. The van der Waals surface area contributed by atoms with Gasteiger partial charge in [0.2, 0.25) is 0 Å². The molecule has 2 heteroatoms. The molecule has 0 unspecified atom stereocenters. The molecule has 1 aromatic heterocycles. The van der Waals surface area contributed by atoms with Gasteiger partial charge in [0.05, 0.1) is 7.11 Å². The molecule has 0 N–H and O–H groups in total. The average molecular weight is 331 g/mol. The zero-order chi connectivity index (χ0) is 15.9. The number of ether oxygens (including phenoxy) is 1. The van der Waals surface area contributed by atoms with Crippen molar-refractivity contribution in [2.75, 3.05) is 7.11 Å². The Bertz CT molecular complexity index is 589. The minimum atomic E-state index is 0.776. The summed E-state index contributed by atoms with van der Waals surface area (Å²) in [6, 6.07) is 8.93. The van der Waals surface area contributed by atoms with Crippen LogP contribution in [0.1, 0.15) is 81.4 Å². The summed E-state index contributed by atoms with van der Waals surface area (Å²) in [4.78, 5) is 1.60. The molecule has 3 rings (SSSR count). The van der Waals surface area contributed by atoms with Gasteiger partial charge in [0.15, 0.2) is 0 Å². The summed E-state index contributed by atoms with van der Waals surface area (Å²) in [6.45, 7) is 0. The Morgan fingerprint density at radius 2 is 1.43 bits per heavy atom. The van der Waals surface area contributed by atoms with E-state index >= 15 is 0 Å². The van der Waals surface area contributed by atoms with E-state index in [9.17, 15) is 0 Å². The van der Waals surface area contributed by atoms with Gasteiger partial charge in [-0.05, 0) is 48.4 Å². The maximum Gasteiger partial charge on any atom is 0.120 e. The predicted molar refractivity (Wildman–Crippen MR) is 102 cm³/mol. The number of hydrogen-bond acceptors (Lipinski definition) is 2. The fourth-order valence-corrected chi connectivity index (χ4v) is 5.07. The predicted octanol–water partition coefficient (Wildman–Crippen LogP) is 7.30. The highest BCUT2D eigenvalue weighted by atomic mass is 32.1. The monoisotopic (exact) mass is 330 g/mol. The number of hydrogen-bond donors (Lipinski definition) is 0. The van der Waals surface area contributed by atoms with Crippen LogP contribution >= 0.6 is 11.3 Å². The molecule has 23 heavy (non-hydrogen) atoms. The van der Waals surface area contributed by atoms with Crippen LogP contribution in [0, 0.1) is 0 Å². The maximum absolute atomic E-state index is 5.38. The van der Waals surface area contributed by atoms with Gasteiger partial charge in [-0.15, -0.1) is 11.3 Å². The minimum Gasteiger partial charge on any atom is -0.497 e. The van der Waals surface area contributed by atoms with Crippen molar-refractivity contribution >= 4 is 21.4 Å². The lowest BCUT2D eigenvalue weighted by Crippen LogP contribution is -1.98. The van der Waals surface area contributed by atoms with Crippen LogP contribution in [0.3, 0.4) is 0 Å². The highest BCUT2D eigenvalue weighted by Crippen LogP contribution is 2.38. The molecule has 0 amide bonds. The normalized spacial score (nSPS) is 19.2. The first-order valence-corrected chi connectivity index (χ1v) is 10.3. The van der Waals surface area contributed by atoms with Crippen molar-refractivity contribution in [3.63, 3.8) is 0 Å². The standard InChI is InChI=1S/C21H30OS/c1-22-19-14-13-18-15-20(23-21(18)16-19)17-11-9-7-5-3-2-4-6-8-10-12-17/h13-17H,2-12H2,1H3. The number of rotatable bonds is 2. The van der Waals surface area contributed by atoms with Crippen LogP contribution in [-0.4, -0.2) is 7.11 Å². The Balaban J connectivity index is 1.73. The SMILES string of the molecule is COc1ccc2cc(C3CCCCCCCCCCC3)sc2c1. The molecular weight excluding hydrogens is 300 g/mol. The largest absolute Gasteiger partial charge is 0.497 e. The minimum absolute atomic E-state index is 0.776. The van der Waals surface area contributed by atoms with Gasteiger partial charge in [0.25, 0.3) is 0 Å². The molecule has 1 aliphatic carbocycles. The Hall–Kier alpha value is -1.02. The molecule has 1 saturated carbocycles.